The summed E-state index contributed by atoms with van der Waals surface area (Å²) in [5, 5.41) is 0. The zero-order valence-corrected chi connectivity index (χ0v) is 9.62. The van der Waals surface area contributed by atoms with Crippen LogP contribution in [0.5, 0.6) is 0 Å². The lowest BCUT2D eigenvalue weighted by atomic mass is 10.1. The van der Waals surface area contributed by atoms with Crippen LogP contribution in [-0.2, 0) is 0 Å². The van der Waals surface area contributed by atoms with Gasteiger partial charge < -0.3 is 0 Å². The number of thiazole rings is 1. The van der Waals surface area contributed by atoms with Crippen molar-refractivity contribution < 1.29 is 0 Å². The highest BCUT2D eigenvalue weighted by Gasteiger charge is 2.09. The van der Waals surface area contributed by atoms with Gasteiger partial charge in [0.2, 0.25) is 0 Å². The molecule has 0 aliphatic carbocycles. The molecule has 0 aliphatic heterocycles. The lowest BCUT2D eigenvalue weighted by Gasteiger charge is -2.02. The summed E-state index contributed by atoms with van der Waals surface area (Å²) in [5.74, 6) is 0. The lowest BCUT2D eigenvalue weighted by Crippen LogP contribution is -1.84. The van der Waals surface area contributed by atoms with E-state index >= 15 is 0 Å². The molecule has 0 bridgehead atoms. The number of aromatic nitrogens is 1. The summed E-state index contributed by atoms with van der Waals surface area (Å²) >= 11 is 7.40. The highest BCUT2D eigenvalue weighted by atomic mass is 35.5. The average molecular weight is 224 g/mol. The van der Waals surface area contributed by atoms with Gasteiger partial charge in [0.15, 0.2) is 4.47 Å². The molecule has 0 radical (unpaired) electrons. The summed E-state index contributed by atoms with van der Waals surface area (Å²) in [7, 11) is 0. The summed E-state index contributed by atoms with van der Waals surface area (Å²) in [5.41, 5.74) is 3.42. The van der Waals surface area contributed by atoms with E-state index in [-0.39, 0.29) is 0 Å². The van der Waals surface area contributed by atoms with E-state index in [2.05, 4.69) is 24.0 Å². The van der Waals surface area contributed by atoms with Crippen LogP contribution >= 0.6 is 22.9 Å². The Hall–Kier alpha value is -0.860. The molecule has 0 saturated heterocycles. The number of rotatable bonds is 1. The van der Waals surface area contributed by atoms with Crippen molar-refractivity contribution in [3.05, 3.63) is 39.2 Å². The molecule has 1 aromatic carbocycles. The van der Waals surface area contributed by atoms with E-state index in [1.54, 1.807) is 0 Å². The Labute approximate surface area is 92.4 Å². The van der Waals surface area contributed by atoms with E-state index in [4.69, 9.17) is 11.6 Å². The first-order chi connectivity index (χ1) is 6.68. The monoisotopic (exact) mass is 223 g/mol. The first kappa shape index (κ1) is 9.69. The summed E-state index contributed by atoms with van der Waals surface area (Å²) in [6.07, 6.45) is 0. The van der Waals surface area contributed by atoms with Crippen molar-refractivity contribution in [1.82, 2.24) is 4.98 Å². The van der Waals surface area contributed by atoms with Gasteiger partial charge in [-0.15, -0.1) is 11.3 Å². The van der Waals surface area contributed by atoms with E-state index in [0.717, 1.165) is 5.69 Å². The number of aryl methyl sites for hydroxylation is 2. The van der Waals surface area contributed by atoms with Crippen LogP contribution in [0.2, 0.25) is 4.47 Å². The van der Waals surface area contributed by atoms with Gasteiger partial charge in [0.1, 0.15) is 0 Å². The van der Waals surface area contributed by atoms with Gasteiger partial charge in [-0.25, -0.2) is 4.98 Å². The van der Waals surface area contributed by atoms with Gasteiger partial charge >= 0.3 is 0 Å². The van der Waals surface area contributed by atoms with Crippen LogP contribution in [0.25, 0.3) is 11.3 Å². The van der Waals surface area contributed by atoms with Crippen LogP contribution in [0.1, 0.15) is 10.4 Å². The second-order valence-electron chi connectivity index (χ2n) is 3.19. The third kappa shape index (κ3) is 1.68. The second kappa shape index (κ2) is 3.71. The Morgan fingerprint density at radius 1 is 1.21 bits per heavy atom. The molecule has 3 heteroatoms. The van der Waals surface area contributed by atoms with Gasteiger partial charge in [-0.1, -0.05) is 35.9 Å². The normalized spacial score (nSPS) is 10.5. The topological polar surface area (TPSA) is 12.9 Å². The molecule has 0 N–H and O–H groups in total. The van der Waals surface area contributed by atoms with E-state index in [1.165, 1.54) is 27.3 Å². The van der Waals surface area contributed by atoms with Crippen molar-refractivity contribution >= 4 is 22.9 Å². The largest absolute Gasteiger partial charge is 0.225 e. The molecule has 14 heavy (non-hydrogen) atoms. The molecule has 0 saturated carbocycles. The fourth-order valence-electron chi connectivity index (χ4n) is 1.45. The first-order valence-electron chi connectivity index (χ1n) is 4.37. The highest BCUT2D eigenvalue weighted by molar-refractivity contribution is 7.16. The maximum absolute atomic E-state index is 5.88. The van der Waals surface area contributed by atoms with Crippen molar-refractivity contribution in [3.63, 3.8) is 0 Å². The fraction of sp³-hybridized carbons (Fsp3) is 0.182. The van der Waals surface area contributed by atoms with E-state index in [1.807, 2.05) is 19.1 Å². The van der Waals surface area contributed by atoms with Crippen molar-refractivity contribution in [2.45, 2.75) is 13.8 Å². The SMILES string of the molecule is Cc1ccccc1-c1nc(Cl)sc1C. The molecule has 0 aliphatic rings. The van der Waals surface area contributed by atoms with Gasteiger partial charge in [0.05, 0.1) is 5.69 Å². The van der Waals surface area contributed by atoms with Crippen molar-refractivity contribution in [3.8, 4) is 11.3 Å². The molecule has 2 rings (SSSR count). The van der Waals surface area contributed by atoms with Crippen molar-refractivity contribution in [2.24, 2.45) is 0 Å². The average Bonchev–Trinajstić information content (AvgIpc) is 2.46. The van der Waals surface area contributed by atoms with E-state index in [9.17, 15) is 0 Å². The summed E-state index contributed by atoms with van der Waals surface area (Å²) < 4.78 is 0.612. The molecule has 0 spiro atoms. The van der Waals surface area contributed by atoms with E-state index < -0.39 is 0 Å². The Bertz CT molecular complexity index is 462. The molecule has 1 aromatic heterocycles. The highest BCUT2D eigenvalue weighted by Crippen LogP contribution is 2.31. The molecular weight excluding hydrogens is 214 g/mol. The van der Waals surface area contributed by atoms with Gasteiger partial charge in [0, 0.05) is 10.4 Å². The molecular formula is C11H10ClNS. The summed E-state index contributed by atoms with van der Waals surface area (Å²) in [6.45, 7) is 4.13. The Kier molecular flexibility index (Phi) is 2.57. The predicted molar refractivity (Wildman–Crippen MR) is 62.0 cm³/mol. The number of halogens is 1. The standard InChI is InChI=1S/C11H10ClNS/c1-7-5-3-4-6-9(7)10-8(2)14-11(12)13-10/h3-6H,1-2H3. The molecule has 0 atom stereocenters. The maximum Gasteiger partial charge on any atom is 0.184 e. The minimum Gasteiger partial charge on any atom is -0.225 e. The number of hydrogen-bond acceptors (Lipinski definition) is 2. The van der Waals surface area contributed by atoms with Gasteiger partial charge in [0.25, 0.3) is 0 Å². The quantitative estimate of drug-likeness (QED) is 0.710. The van der Waals surface area contributed by atoms with Gasteiger partial charge in [-0.3, -0.25) is 0 Å². The number of nitrogens with zero attached hydrogens (tertiary/aromatic N) is 1. The molecule has 0 amide bonds. The van der Waals surface area contributed by atoms with E-state index in [0.29, 0.717) is 4.47 Å². The zero-order chi connectivity index (χ0) is 10.1. The van der Waals surface area contributed by atoms with Crippen molar-refractivity contribution in [1.29, 1.82) is 0 Å². The van der Waals surface area contributed by atoms with Crippen LogP contribution in [0.4, 0.5) is 0 Å². The Balaban J connectivity index is 2.60. The fourth-order valence-corrected chi connectivity index (χ4v) is 2.53. The smallest absolute Gasteiger partial charge is 0.184 e. The molecule has 72 valence electrons. The molecule has 0 unspecified atom stereocenters. The summed E-state index contributed by atoms with van der Waals surface area (Å²) in [4.78, 5) is 5.50. The minimum absolute atomic E-state index is 0.612. The number of benzene rings is 1. The number of hydrogen-bond donors (Lipinski definition) is 0. The van der Waals surface area contributed by atoms with Crippen LogP contribution < -0.4 is 0 Å². The maximum atomic E-state index is 5.88. The third-order valence-electron chi connectivity index (χ3n) is 2.17. The zero-order valence-electron chi connectivity index (χ0n) is 8.04. The van der Waals surface area contributed by atoms with Crippen LogP contribution in [0, 0.1) is 13.8 Å². The lowest BCUT2D eigenvalue weighted by molar-refractivity contribution is 1.34. The van der Waals surface area contributed by atoms with Crippen LogP contribution in [0.3, 0.4) is 0 Å². The van der Waals surface area contributed by atoms with Crippen molar-refractivity contribution in [2.75, 3.05) is 0 Å². The minimum atomic E-state index is 0.612. The second-order valence-corrected chi connectivity index (χ2v) is 4.97. The first-order valence-corrected chi connectivity index (χ1v) is 5.57. The molecule has 1 heterocycles. The molecule has 2 aromatic rings. The van der Waals surface area contributed by atoms with Gasteiger partial charge in [-0.2, -0.15) is 0 Å². The molecule has 0 fully saturated rings. The third-order valence-corrected chi connectivity index (χ3v) is 3.25. The molecule has 1 nitrogen and oxygen atoms in total. The predicted octanol–water partition coefficient (Wildman–Crippen LogP) is 4.08. The summed E-state index contributed by atoms with van der Waals surface area (Å²) in [6, 6.07) is 8.22. The van der Waals surface area contributed by atoms with Crippen LogP contribution in [0.15, 0.2) is 24.3 Å². The Morgan fingerprint density at radius 2 is 1.93 bits per heavy atom. The van der Waals surface area contributed by atoms with Gasteiger partial charge in [-0.05, 0) is 19.4 Å². The van der Waals surface area contributed by atoms with Crippen LogP contribution in [-0.4, -0.2) is 4.98 Å². The Morgan fingerprint density at radius 3 is 2.50 bits per heavy atom.